The zero-order valence-corrected chi connectivity index (χ0v) is 11.6. The minimum Gasteiger partial charge on any atom is -0.348 e. The highest BCUT2D eigenvalue weighted by atomic mass is 31.1. The molecule has 0 saturated heterocycles. The fraction of sp³-hybridized carbons (Fsp3) is 0.800. The maximum Gasteiger partial charge on any atom is 0.215 e. The van der Waals surface area contributed by atoms with Crippen molar-refractivity contribution in [2.45, 2.75) is 0 Å². The molecule has 0 aliphatic carbocycles. The van der Waals surface area contributed by atoms with Crippen molar-refractivity contribution in [2.24, 2.45) is 4.99 Å². The monoisotopic (exact) mass is 252 g/mol. The number of hydrogen-bond acceptors (Lipinski definition) is 2. The molecule has 0 amide bonds. The van der Waals surface area contributed by atoms with Gasteiger partial charge in [-0.05, 0) is 0 Å². The van der Waals surface area contributed by atoms with Crippen molar-refractivity contribution >= 4 is 31.5 Å². The molecule has 0 spiro atoms. The van der Waals surface area contributed by atoms with Crippen LogP contribution in [0.3, 0.4) is 0 Å². The Morgan fingerprint density at radius 2 is 2.21 bits per heavy atom. The standard InChI is InChI=1S/C5H15N6P3/c1-6-5(9(2)3)10(4)11-13-7-12-8-14-11/h7,12-13H,1-4H3. The summed E-state index contributed by atoms with van der Waals surface area (Å²) in [6.07, 6.45) is 0. The van der Waals surface area contributed by atoms with Gasteiger partial charge < -0.3 is 9.41 Å². The predicted octanol–water partition coefficient (Wildman–Crippen LogP) is 1.09. The number of H-pyrrole nitrogens is 1. The summed E-state index contributed by atoms with van der Waals surface area (Å²) in [6, 6.07) is 0. The zero-order chi connectivity index (χ0) is 10.6. The second kappa shape index (κ2) is 5.45. The van der Waals surface area contributed by atoms with Gasteiger partial charge in [-0.15, -0.1) is 0 Å². The first-order valence-electron chi connectivity index (χ1n) is 4.01. The molecule has 0 aliphatic heterocycles. The van der Waals surface area contributed by atoms with Crippen LogP contribution in [0.5, 0.6) is 0 Å². The average Bonchev–Trinajstić information content (AvgIpc) is 2.19. The highest BCUT2D eigenvalue weighted by Crippen LogP contribution is 2.12. The normalized spacial score (nSPS) is 13.0. The van der Waals surface area contributed by atoms with Crippen LogP contribution in [0.2, 0.25) is 0 Å². The van der Waals surface area contributed by atoms with Crippen LogP contribution < -0.4 is 5.01 Å². The zero-order valence-electron chi connectivity index (χ0n) is 8.68. The van der Waals surface area contributed by atoms with Crippen LogP contribution in [0.1, 0.15) is 0 Å². The summed E-state index contributed by atoms with van der Waals surface area (Å²) < 4.78 is 9.58. The third kappa shape index (κ3) is 2.78. The Hall–Kier alpha value is -0.430. The van der Waals surface area contributed by atoms with Crippen LogP contribution in [0, 0.1) is 0 Å². The molecule has 0 saturated carbocycles. The lowest BCUT2D eigenvalue weighted by atomic mass is 10.7. The Kier molecular flexibility index (Phi) is 4.53. The molecule has 2 unspecified atom stereocenters. The first-order chi connectivity index (χ1) is 6.66. The summed E-state index contributed by atoms with van der Waals surface area (Å²) in [5.74, 6) is 0.923. The van der Waals surface area contributed by atoms with E-state index in [1.54, 1.807) is 7.05 Å². The van der Waals surface area contributed by atoms with Gasteiger partial charge in [0.05, 0.1) is 0 Å². The number of hydrogen-bond donors (Lipinski definition) is 1. The van der Waals surface area contributed by atoms with Crippen LogP contribution in [0.4, 0.5) is 0 Å². The Morgan fingerprint density at radius 1 is 1.50 bits per heavy atom. The van der Waals surface area contributed by atoms with Gasteiger partial charge >= 0.3 is 0 Å². The van der Waals surface area contributed by atoms with E-state index in [0.717, 1.165) is 14.5 Å². The molecule has 14 heavy (non-hydrogen) atoms. The first-order valence-corrected chi connectivity index (χ1v) is 6.70. The number of aromatic amines is 1. The smallest absolute Gasteiger partial charge is 0.215 e. The van der Waals surface area contributed by atoms with Crippen molar-refractivity contribution in [1.82, 2.24) is 18.1 Å². The minimum atomic E-state index is 0.522. The van der Waals surface area contributed by atoms with E-state index < -0.39 is 0 Å². The number of rotatable bonds is 1. The second-order valence-electron chi connectivity index (χ2n) is 2.77. The largest absolute Gasteiger partial charge is 0.348 e. The number of aromatic nitrogens is 3. The minimum absolute atomic E-state index is 0.522. The molecule has 1 aromatic heterocycles. The lowest BCUT2D eigenvalue weighted by Gasteiger charge is -2.26. The third-order valence-electron chi connectivity index (χ3n) is 1.56. The van der Waals surface area contributed by atoms with Gasteiger partial charge in [0.25, 0.3) is 0 Å². The molecule has 2 atom stereocenters. The van der Waals surface area contributed by atoms with E-state index in [0.29, 0.717) is 17.0 Å². The van der Waals surface area contributed by atoms with Crippen LogP contribution >= 0.6 is 25.5 Å². The number of guanidine groups is 1. The fourth-order valence-electron chi connectivity index (χ4n) is 1.04. The summed E-state index contributed by atoms with van der Waals surface area (Å²) in [6.45, 7) is 0. The van der Waals surface area contributed by atoms with Crippen LogP contribution in [-0.4, -0.2) is 52.3 Å². The molecular weight excluding hydrogens is 237 g/mol. The van der Waals surface area contributed by atoms with Crippen molar-refractivity contribution in [3.8, 4) is 0 Å². The van der Waals surface area contributed by atoms with Gasteiger partial charge in [0, 0.05) is 45.2 Å². The molecule has 0 aromatic carbocycles. The van der Waals surface area contributed by atoms with Crippen molar-refractivity contribution in [3.63, 3.8) is 0 Å². The van der Waals surface area contributed by atoms with Gasteiger partial charge in [-0.25, -0.2) is 5.01 Å². The molecular formula is C5H15N6P3. The van der Waals surface area contributed by atoms with Gasteiger partial charge in [-0.1, -0.05) is 0 Å². The molecule has 0 fully saturated rings. The van der Waals surface area contributed by atoms with Crippen molar-refractivity contribution < 1.29 is 0 Å². The summed E-state index contributed by atoms with van der Waals surface area (Å²) in [5, 5.41) is 2.01. The van der Waals surface area contributed by atoms with Crippen LogP contribution in [0.15, 0.2) is 4.99 Å². The molecule has 1 rings (SSSR count). The van der Waals surface area contributed by atoms with Gasteiger partial charge in [-0.3, -0.25) is 4.99 Å². The van der Waals surface area contributed by atoms with Crippen LogP contribution in [0.25, 0.3) is 0 Å². The van der Waals surface area contributed by atoms with E-state index in [2.05, 4.69) is 18.2 Å². The Balaban J connectivity index is 2.90. The number of aliphatic imine (C=N–C) groups is 1. The first kappa shape index (κ1) is 11.6. The molecule has 1 N–H and O–H groups in total. The Labute approximate surface area is 88.4 Å². The maximum absolute atomic E-state index is 4.26. The molecule has 6 nitrogen and oxygen atoms in total. The quantitative estimate of drug-likeness (QED) is 0.601. The predicted molar refractivity (Wildman–Crippen MR) is 66.9 cm³/mol. The van der Waals surface area contributed by atoms with E-state index in [4.69, 9.17) is 0 Å². The van der Waals surface area contributed by atoms with E-state index >= 15 is 0 Å². The highest BCUT2D eigenvalue weighted by Gasteiger charge is 2.08. The molecule has 80 valence electrons. The Bertz CT molecular complexity index is 315. The summed E-state index contributed by atoms with van der Waals surface area (Å²) in [4.78, 5) is 6.21. The number of nitrogens with zero attached hydrogens (tertiary/aromatic N) is 5. The lowest BCUT2D eigenvalue weighted by molar-refractivity contribution is 0.592. The van der Waals surface area contributed by atoms with E-state index in [1.807, 2.05) is 31.1 Å². The third-order valence-corrected chi connectivity index (χ3v) is 4.72. The SMILES string of the molecule is CN=C(N(C)C)N(C)n1pn[pH][nH][pH]1. The molecule has 0 aliphatic rings. The van der Waals surface area contributed by atoms with Crippen molar-refractivity contribution in [1.29, 1.82) is 0 Å². The second-order valence-corrected chi connectivity index (χ2v) is 6.37. The van der Waals surface area contributed by atoms with Crippen LogP contribution in [-0.2, 0) is 0 Å². The van der Waals surface area contributed by atoms with Gasteiger partial charge in [0.2, 0.25) is 5.96 Å². The molecule has 1 heterocycles. The van der Waals surface area contributed by atoms with E-state index in [9.17, 15) is 0 Å². The average molecular weight is 252 g/mol. The topological polar surface area (TPSA) is 52.4 Å². The molecule has 1 aromatic rings. The summed E-state index contributed by atoms with van der Waals surface area (Å²) in [7, 11) is 9.83. The summed E-state index contributed by atoms with van der Waals surface area (Å²) >= 11 is 0. The lowest BCUT2D eigenvalue weighted by Crippen LogP contribution is -2.42. The van der Waals surface area contributed by atoms with Crippen molar-refractivity contribution in [3.05, 3.63) is 0 Å². The fourth-order valence-corrected chi connectivity index (χ4v) is 4.28. The maximum atomic E-state index is 4.26. The van der Waals surface area contributed by atoms with Gasteiger partial charge in [0.15, 0.2) is 8.51 Å². The van der Waals surface area contributed by atoms with E-state index in [1.165, 1.54) is 0 Å². The van der Waals surface area contributed by atoms with E-state index in [-0.39, 0.29) is 0 Å². The van der Waals surface area contributed by atoms with Gasteiger partial charge in [0.1, 0.15) is 0 Å². The van der Waals surface area contributed by atoms with Crippen molar-refractivity contribution in [2.75, 3.05) is 33.2 Å². The molecule has 0 radical (unpaired) electrons. The van der Waals surface area contributed by atoms with Gasteiger partial charge in [-0.2, -0.15) is 8.71 Å². The Morgan fingerprint density at radius 3 is 2.64 bits per heavy atom. The number of nitrogens with one attached hydrogen (secondary N) is 1. The highest BCUT2D eigenvalue weighted by molar-refractivity contribution is 7.44. The molecule has 0 bridgehead atoms. The summed E-state index contributed by atoms with van der Waals surface area (Å²) in [5.41, 5.74) is 0. The molecule has 9 heteroatoms.